The van der Waals surface area contributed by atoms with Crippen LogP contribution in [-0.4, -0.2) is 20.2 Å². The SMILES string of the molecule is NS(=O)(=O)c1cccc(N2C(=O)CC(c3ccccc3)C2=O)c1Cl. The second-order valence-electron chi connectivity index (χ2n) is 5.37. The van der Waals surface area contributed by atoms with E-state index in [2.05, 4.69) is 0 Å². The number of anilines is 1. The van der Waals surface area contributed by atoms with Gasteiger partial charge in [0.2, 0.25) is 21.8 Å². The van der Waals surface area contributed by atoms with E-state index >= 15 is 0 Å². The maximum atomic E-state index is 12.7. The fourth-order valence-corrected chi connectivity index (χ4v) is 3.88. The average molecular weight is 365 g/mol. The maximum Gasteiger partial charge on any atom is 0.241 e. The van der Waals surface area contributed by atoms with Crippen LogP contribution in [0.5, 0.6) is 0 Å². The molecule has 1 fully saturated rings. The smallest absolute Gasteiger partial charge is 0.241 e. The number of benzene rings is 2. The third kappa shape index (κ3) is 2.82. The Morgan fingerprint density at radius 2 is 1.71 bits per heavy atom. The number of hydrogen-bond donors (Lipinski definition) is 1. The topological polar surface area (TPSA) is 97.5 Å². The lowest BCUT2D eigenvalue weighted by atomic mass is 9.98. The Morgan fingerprint density at radius 3 is 2.33 bits per heavy atom. The van der Waals surface area contributed by atoms with Gasteiger partial charge < -0.3 is 0 Å². The Kier molecular flexibility index (Phi) is 4.16. The van der Waals surface area contributed by atoms with Crippen LogP contribution in [0.2, 0.25) is 5.02 Å². The van der Waals surface area contributed by atoms with Crippen LogP contribution < -0.4 is 10.0 Å². The lowest BCUT2D eigenvalue weighted by Crippen LogP contribution is -2.30. The number of nitrogens with two attached hydrogens (primary N) is 1. The summed E-state index contributed by atoms with van der Waals surface area (Å²) in [6, 6.07) is 12.9. The monoisotopic (exact) mass is 364 g/mol. The highest BCUT2D eigenvalue weighted by molar-refractivity contribution is 7.89. The van der Waals surface area contributed by atoms with E-state index < -0.39 is 27.8 Å². The summed E-state index contributed by atoms with van der Waals surface area (Å²) in [5.41, 5.74) is 0.744. The van der Waals surface area contributed by atoms with Crippen LogP contribution in [0.1, 0.15) is 17.9 Å². The normalized spacial score (nSPS) is 18.2. The summed E-state index contributed by atoms with van der Waals surface area (Å²) in [7, 11) is -4.07. The van der Waals surface area contributed by atoms with Crippen LogP contribution in [0.15, 0.2) is 53.4 Å². The quantitative estimate of drug-likeness (QED) is 0.842. The molecule has 8 heteroatoms. The maximum absolute atomic E-state index is 12.7. The van der Waals surface area contributed by atoms with Gasteiger partial charge in [0, 0.05) is 6.42 Å². The summed E-state index contributed by atoms with van der Waals surface area (Å²) in [5.74, 6) is -1.50. The molecule has 0 aliphatic carbocycles. The number of primary sulfonamides is 1. The van der Waals surface area contributed by atoms with Crippen molar-refractivity contribution >= 4 is 39.1 Å². The van der Waals surface area contributed by atoms with Gasteiger partial charge in [-0.05, 0) is 17.7 Å². The molecule has 2 N–H and O–H groups in total. The van der Waals surface area contributed by atoms with Gasteiger partial charge in [-0.25, -0.2) is 18.5 Å². The molecule has 0 saturated carbocycles. The van der Waals surface area contributed by atoms with E-state index in [-0.39, 0.29) is 22.0 Å². The van der Waals surface area contributed by atoms with Gasteiger partial charge >= 0.3 is 0 Å². The number of carbonyl (C=O) groups is 2. The van der Waals surface area contributed by atoms with Crippen LogP contribution in [-0.2, 0) is 19.6 Å². The highest BCUT2D eigenvalue weighted by atomic mass is 35.5. The van der Waals surface area contributed by atoms with E-state index in [4.69, 9.17) is 16.7 Å². The summed E-state index contributed by atoms with van der Waals surface area (Å²) in [6.07, 6.45) is -0.00121. The summed E-state index contributed by atoms with van der Waals surface area (Å²) in [5, 5.41) is 4.87. The number of rotatable bonds is 3. The second-order valence-corrected chi connectivity index (χ2v) is 7.28. The molecule has 3 rings (SSSR count). The number of carbonyl (C=O) groups excluding carboxylic acids is 2. The van der Waals surface area contributed by atoms with Crippen molar-refractivity contribution < 1.29 is 18.0 Å². The molecule has 1 aliphatic heterocycles. The first-order valence-corrected chi connectivity index (χ1v) is 8.96. The van der Waals surface area contributed by atoms with E-state index in [1.807, 2.05) is 6.07 Å². The van der Waals surface area contributed by atoms with Crippen molar-refractivity contribution in [2.24, 2.45) is 5.14 Å². The fourth-order valence-electron chi connectivity index (χ4n) is 2.72. The summed E-state index contributed by atoms with van der Waals surface area (Å²) in [6.45, 7) is 0. The molecule has 2 aromatic rings. The minimum Gasteiger partial charge on any atom is -0.274 e. The Labute approximate surface area is 143 Å². The standard InChI is InChI=1S/C16H13ClN2O4S/c17-15-12(7-4-8-13(15)24(18,22)23)19-14(20)9-11(16(19)21)10-5-2-1-3-6-10/h1-8,11H,9H2,(H2,18,22,23). The molecule has 1 heterocycles. The zero-order valence-electron chi connectivity index (χ0n) is 12.3. The van der Waals surface area contributed by atoms with Crippen molar-refractivity contribution in [3.8, 4) is 0 Å². The number of imide groups is 1. The molecular weight excluding hydrogens is 352 g/mol. The van der Waals surface area contributed by atoms with Crippen LogP contribution in [0.4, 0.5) is 5.69 Å². The molecule has 0 radical (unpaired) electrons. The summed E-state index contributed by atoms with van der Waals surface area (Å²) in [4.78, 5) is 25.6. The van der Waals surface area contributed by atoms with Gasteiger partial charge in [0.15, 0.2) is 0 Å². The minimum atomic E-state index is -4.07. The first-order chi connectivity index (χ1) is 11.3. The predicted octanol–water partition coefficient (Wildman–Crippen LogP) is 2.03. The first kappa shape index (κ1) is 16.6. The predicted molar refractivity (Wildman–Crippen MR) is 89.1 cm³/mol. The van der Waals surface area contributed by atoms with Crippen LogP contribution in [0.3, 0.4) is 0 Å². The van der Waals surface area contributed by atoms with Crippen LogP contribution in [0, 0.1) is 0 Å². The van der Waals surface area contributed by atoms with Crippen molar-refractivity contribution in [3.05, 3.63) is 59.1 Å². The van der Waals surface area contributed by atoms with E-state index in [9.17, 15) is 18.0 Å². The largest absolute Gasteiger partial charge is 0.274 e. The van der Waals surface area contributed by atoms with E-state index in [0.717, 1.165) is 10.5 Å². The van der Waals surface area contributed by atoms with Crippen molar-refractivity contribution in [2.45, 2.75) is 17.2 Å². The highest BCUT2D eigenvalue weighted by Gasteiger charge is 2.41. The van der Waals surface area contributed by atoms with Gasteiger partial charge in [0.25, 0.3) is 0 Å². The van der Waals surface area contributed by atoms with Crippen LogP contribution >= 0.6 is 11.6 Å². The fraction of sp³-hybridized carbons (Fsp3) is 0.125. The second kappa shape index (κ2) is 6.01. The third-order valence-electron chi connectivity index (χ3n) is 3.84. The van der Waals surface area contributed by atoms with Crippen molar-refractivity contribution in [1.82, 2.24) is 0 Å². The van der Waals surface area contributed by atoms with E-state index in [1.54, 1.807) is 24.3 Å². The number of nitrogens with zero attached hydrogens (tertiary/aromatic N) is 1. The molecule has 1 saturated heterocycles. The zero-order valence-corrected chi connectivity index (χ0v) is 13.9. The molecule has 24 heavy (non-hydrogen) atoms. The molecule has 1 atom stereocenters. The van der Waals surface area contributed by atoms with E-state index in [0.29, 0.717) is 0 Å². The Balaban J connectivity index is 2.05. The van der Waals surface area contributed by atoms with Crippen molar-refractivity contribution in [1.29, 1.82) is 0 Å². The Bertz CT molecular complexity index is 928. The number of halogens is 1. The Morgan fingerprint density at radius 1 is 1.04 bits per heavy atom. The molecule has 0 spiro atoms. The first-order valence-electron chi connectivity index (χ1n) is 7.04. The zero-order chi connectivity index (χ0) is 17.5. The van der Waals surface area contributed by atoms with Gasteiger partial charge in [-0.3, -0.25) is 9.59 Å². The summed E-state index contributed by atoms with van der Waals surface area (Å²) < 4.78 is 23.1. The molecule has 2 amide bonds. The van der Waals surface area contributed by atoms with Gasteiger partial charge in [0.05, 0.1) is 16.6 Å². The number of amides is 2. The lowest BCUT2D eigenvalue weighted by molar-refractivity contribution is -0.121. The van der Waals surface area contributed by atoms with Gasteiger partial charge in [0.1, 0.15) is 4.90 Å². The minimum absolute atomic E-state index is 0.00121. The van der Waals surface area contributed by atoms with E-state index in [1.165, 1.54) is 18.2 Å². The summed E-state index contributed by atoms with van der Waals surface area (Å²) >= 11 is 6.09. The molecular formula is C16H13ClN2O4S. The van der Waals surface area contributed by atoms with Gasteiger partial charge in [-0.15, -0.1) is 0 Å². The molecule has 6 nitrogen and oxygen atoms in total. The molecule has 124 valence electrons. The van der Waals surface area contributed by atoms with Gasteiger partial charge in [-0.2, -0.15) is 0 Å². The average Bonchev–Trinajstić information content (AvgIpc) is 2.82. The number of hydrogen-bond acceptors (Lipinski definition) is 4. The molecule has 0 aromatic heterocycles. The number of sulfonamides is 1. The molecule has 1 aliphatic rings. The Hall–Kier alpha value is -2.22. The highest BCUT2D eigenvalue weighted by Crippen LogP contribution is 2.38. The van der Waals surface area contributed by atoms with Gasteiger partial charge in [-0.1, -0.05) is 48.0 Å². The molecule has 2 aromatic carbocycles. The molecule has 0 bridgehead atoms. The van der Waals surface area contributed by atoms with Crippen LogP contribution in [0.25, 0.3) is 0 Å². The van der Waals surface area contributed by atoms with Crippen molar-refractivity contribution in [3.63, 3.8) is 0 Å². The van der Waals surface area contributed by atoms with Crippen molar-refractivity contribution in [2.75, 3.05) is 4.90 Å². The molecule has 1 unspecified atom stereocenters. The lowest BCUT2D eigenvalue weighted by Gasteiger charge is -2.18. The third-order valence-corrected chi connectivity index (χ3v) is 5.30.